The van der Waals surface area contributed by atoms with Crippen molar-refractivity contribution in [1.82, 2.24) is 10.3 Å². The number of ether oxygens (including phenoxy) is 2. The van der Waals surface area contributed by atoms with Gasteiger partial charge in [-0.25, -0.2) is 9.80 Å². The van der Waals surface area contributed by atoms with Gasteiger partial charge in [-0.1, -0.05) is 12.1 Å². The standard InChI is InChI=1S/C24H28N4O4/c1-15-12-17-13-20(31-3)21(32-4)14-19(17)23(26-28(15)24(30)25-2)16-7-9-18(10-8-16)27-11-5-6-22(27)29/h7-10,13-15H,5-6,11-12H2,1-4H3,(H,25,30). The largest absolute Gasteiger partial charge is 0.493 e. The van der Waals surface area contributed by atoms with Crippen molar-refractivity contribution < 1.29 is 19.1 Å². The van der Waals surface area contributed by atoms with Crippen molar-refractivity contribution in [3.05, 3.63) is 53.1 Å². The number of hydrazone groups is 1. The van der Waals surface area contributed by atoms with Crippen LogP contribution in [0, 0.1) is 0 Å². The van der Waals surface area contributed by atoms with Crippen molar-refractivity contribution in [2.24, 2.45) is 5.10 Å². The summed E-state index contributed by atoms with van der Waals surface area (Å²) in [6.07, 6.45) is 2.07. The molecule has 2 aliphatic rings. The maximum absolute atomic E-state index is 12.6. The Balaban J connectivity index is 1.83. The Hall–Kier alpha value is -3.55. The van der Waals surface area contributed by atoms with Gasteiger partial charge >= 0.3 is 6.03 Å². The van der Waals surface area contributed by atoms with E-state index in [1.54, 1.807) is 26.2 Å². The van der Waals surface area contributed by atoms with E-state index in [-0.39, 0.29) is 18.0 Å². The lowest BCUT2D eigenvalue weighted by molar-refractivity contribution is -0.117. The van der Waals surface area contributed by atoms with Gasteiger partial charge in [0.05, 0.1) is 26.0 Å². The number of carbonyl (C=O) groups is 2. The van der Waals surface area contributed by atoms with E-state index in [0.29, 0.717) is 30.1 Å². The molecule has 0 aliphatic carbocycles. The molecule has 1 atom stereocenters. The topological polar surface area (TPSA) is 83.5 Å². The second-order valence-electron chi connectivity index (χ2n) is 7.96. The quantitative estimate of drug-likeness (QED) is 0.798. The van der Waals surface area contributed by atoms with Gasteiger partial charge in [-0.3, -0.25) is 4.79 Å². The highest BCUT2D eigenvalue weighted by atomic mass is 16.5. The van der Waals surface area contributed by atoms with Crippen molar-refractivity contribution in [3.63, 3.8) is 0 Å². The third kappa shape index (κ3) is 3.88. The summed E-state index contributed by atoms with van der Waals surface area (Å²) >= 11 is 0. The third-order valence-electron chi connectivity index (χ3n) is 5.95. The SMILES string of the molecule is CNC(=O)N1N=C(c2ccc(N3CCCC3=O)cc2)c2cc(OC)c(OC)cc2CC1C. The number of rotatable bonds is 4. The molecule has 1 N–H and O–H groups in total. The van der Waals surface area contributed by atoms with Gasteiger partial charge in [0.25, 0.3) is 0 Å². The summed E-state index contributed by atoms with van der Waals surface area (Å²) < 4.78 is 11.0. The van der Waals surface area contributed by atoms with E-state index in [4.69, 9.17) is 14.6 Å². The van der Waals surface area contributed by atoms with E-state index < -0.39 is 0 Å². The third-order valence-corrected chi connectivity index (χ3v) is 5.95. The molecule has 0 saturated carbocycles. The summed E-state index contributed by atoms with van der Waals surface area (Å²) in [4.78, 5) is 26.5. The fourth-order valence-corrected chi connectivity index (χ4v) is 4.27. The molecule has 0 radical (unpaired) electrons. The Morgan fingerprint density at radius 2 is 1.81 bits per heavy atom. The summed E-state index contributed by atoms with van der Waals surface area (Å²) in [6.45, 7) is 2.70. The van der Waals surface area contributed by atoms with Crippen LogP contribution in [0.25, 0.3) is 0 Å². The van der Waals surface area contributed by atoms with Crippen molar-refractivity contribution in [2.45, 2.75) is 32.2 Å². The molecule has 1 saturated heterocycles. The highest BCUT2D eigenvalue weighted by Crippen LogP contribution is 2.35. The zero-order valence-corrected chi connectivity index (χ0v) is 18.8. The number of anilines is 1. The molecule has 4 rings (SSSR count). The van der Waals surface area contributed by atoms with E-state index in [2.05, 4.69) is 5.32 Å². The number of amides is 3. The number of fused-ring (bicyclic) bond motifs is 1. The Morgan fingerprint density at radius 3 is 2.41 bits per heavy atom. The molecule has 8 heteroatoms. The highest BCUT2D eigenvalue weighted by molar-refractivity contribution is 6.14. The number of urea groups is 1. The lowest BCUT2D eigenvalue weighted by atomic mass is 9.94. The zero-order chi connectivity index (χ0) is 22.8. The molecule has 3 amide bonds. The minimum atomic E-state index is -0.277. The Kier molecular flexibility index (Phi) is 6.03. The Morgan fingerprint density at radius 1 is 1.12 bits per heavy atom. The summed E-state index contributed by atoms with van der Waals surface area (Å²) in [6, 6.07) is 11.2. The predicted molar refractivity (Wildman–Crippen MR) is 123 cm³/mol. The fourth-order valence-electron chi connectivity index (χ4n) is 4.27. The van der Waals surface area contributed by atoms with E-state index in [1.165, 1.54) is 5.01 Å². The van der Waals surface area contributed by atoms with Crippen LogP contribution in [0.15, 0.2) is 41.5 Å². The van der Waals surface area contributed by atoms with Crippen molar-refractivity contribution in [3.8, 4) is 11.5 Å². The van der Waals surface area contributed by atoms with Crippen LogP contribution in [0.1, 0.15) is 36.5 Å². The number of benzene rings is 2. The number of nitrogens with zero attached hydrogens (tertiary/aromatic N) is 3. The number of methoxy groups -OCH3 is 2. The van der Waals surface area contributed by atoms with Gasteiger partial charge in [-0.15, -0.1) is 0 Å². The molecular formula is C24H28N4O4. The highest BCUT2D eigenvalue weighted by Gasteiger charge is 2.29. The van der Waals surface area contributed by atoms with Gasteiger partial charge in [-0.05, 0) is 49.6 Å². The van der Waals surface area contributed by atoms with E-state index >= 15 is 0 Å². The molecule has 1 fully saturated rings. The van der Waals surface area contributed by atoms with Gasteiger partial charge < -0.3 is 19.7 Å². The maximum Gasteiger partial charge on any atom is 0.337 e. The van der Waals surface area contributed by atoms with Crippen LogP contribution in [0.4, 0.5) is 10.5 Å². The van der Waals surface area contributed by atoms with Crippen LogP contribution in [-0.2, 0) is 11.2 Å². The van der Waals surface area contributed by atoms with Crippen LogP contribution in [0.3, 0.4) is 0 Å². The van der Waals surface area contributed by atoms with Crippen molar-refractivity contribution >= 4 is 23.3 Å². The molecule has 168 valence electrons. The molecule has 0 bridgehead atoms. The number of hydrogen-bond donors (Lipinski definition) is 1. The monoisotopic (exact) mass is 436 g/mol. The molecule has 2 aromatic rings. The first-order chi connectivity index (χ1) is 15.5. The van der Waals surface area contributed by atoms with Gasteiger partial charge in [-0.2, -0.15) is 5.10 Å². The first-order valence-electron chi connectivity index (χ1n) is 10.7. The smallest absolute Gasteiger partial charge is 0.337 e. The molecule has 2 heterocycles. The van der Waals surface area contributed by atoms with E-state index in [9.17, 15) is 9.59 Å². The second-order valence-corrected chi connectivity index (χ2v) is 7.96. The first-order valence-corrected chi connectivity index (χ1v) is 10.7. The van der Waals surface area contributed by atoms with Gasteiger partial charge in [0.15, 0.2) is 11.5 Å². The number of nitrogens with one attached hydrogen (secondary N) is 1. The summed E-state index contributed by atoms with van der Waals surface area (Å²) in [5.41, 5.74) is 4.27. The average molecular weight is 437 g/mol. The molecule has 32 heavy (non-hydrogen) atoms. The molecular weight excluding hydrogens is 408 g/mol. The summed E-state index contributed by atoms with van der Waals surface area (Å²) in [7, 11) is 4.80. The molecule has 2 aliphatic heterocycles. The fraction of sp³-hybridized carbons (Fsp3) is 0.375. The molecule has 0 spiro atoms. The van der Waals surface area contributed by atoms with Crippen molar-refractivity contribution in [1.29, 1.82) is 0 Å². The minimum absolute atomic E-state index is 0.145. The first kappa shape index (κ1) is 21.7. The number of hydrogen-bond acceptors (Lipinski definition) is 5. The van der Waals surface area contributed by atoms with Crippen LogP contribution in [0.5, 0.6) is 11.5 Å². The van der Waals surface area contributed by atoms with Gasteiger partial charge in [0, 0.05) is 36.8 Å². The molecule has 0 aromatic heterocycles. The molecule has 2 aromatic carbocycles. The summed E-state index contributed by atoms with van der Waals surface area (Å²) in [5.74, 6) is 1.37. The minimum Gasteiger partial charge on any atom is -0.493 e. The van der Waals surface area contributed by atoms with Gasteiger partial charge in [0.1, 0.15) is 0 Å². The van der Waals surface area contributed by atoms with Crippen LogP contribution < -0.4 is 19.7 Å². The average Bonchev–Trinajstić information content (AvgIpc) is 3.18. The molecule has 8 nitrogen and oxygen atoms in total. The zero-order valence-electron chi connectivity index (χ0n) is 18.8. The maximum atomic E-state index is 12.6. The second kappa shape index (κ2) is 8.90. The Bertz CT molecular complexity index is 1060. The summed E-state index contributed by atoms with van der Waals surface area (Å²) in [5, 5.41) is 8.93. The lowest BCUT2D eigenvalue weighted by Gasteiger charge is -2.22. The lowest BCUT2D eigenvalue weighted by Crippen LogP contribution is -2.41. The number of carbonyl (C=O) groups excluding carboxylic acids is 2. The van der Waals surface area contributed by atoms with E-state index in [0.717, 1.165) is 35.3 Å². The van der Waals surface area contributed by atoms with Crippen LogP contribution in [0.2, 0.25) is 0 Å². The van der Waals surface area contributed by atoms with E-state index in [1.807, 2.05) is 43.3 Å². The molecule has 1 unspecified atom stereocenters. The normalized spacial score (nSPS) is 18.1. The van der Waals surface area contributed by atoms with Gasteiger partial charge in [0.2, 0.25) is 5.91 Å². The van der Waals surface area contributed by atoms with Crippen molar-refractivity contribution in [2.75, 3.05) is 32.7 Å². The van der Waals surface area contributed by atoms with Crippen LogP contribution in [-0.4, -0.2) is 56.5 Å². The Labute approximate surface area is 187 Å². The predicted octanol–water partition coefficient (Wildman–Crippen LogP) is 3.17. The van der Waals surface area contributed by atoms with Crippen LogP contribution >= 0.6 is 0 Å².